The standard InChI is InChI=1S/C17H21N3S/c1-17(2,3)12-6-8-13(9-7-12)21-15-10-14(18)19-16(20-15)11-4-5-11/h6-11H,4-5H2,1-3H3,(H2,18,19,20). The lowest BCUT2D eigenvalue weighted by atomic mass is 9.87. The van der Waals surface area contributed by atoms with Crippen molar-refractivity contribution in [3.05, 3.63) is 41.7 Å². The predicted molar refractivity (Wildman–Crippen MR) is 87.7 cm³/mol. The van der Waals surface area contributed by atoms with Crippen LogP contribution in [0.25, 0.3) is 0 Å². The van der Waals surface area contributed by atoms with Crippen molar-refractivity contribution in [3.8, 4) is 0 Å². The van der Waals surface area contributed by atoms with Gasteiger partial charge in [-0.1, -0.05) is 44.7 Å². The number of aromatic nitrogens is 2. The topological polar surface area (TPSA) is 51.8 Å². The molecule has 1 saturated carbocycles. The van der Waals surface area contributed by atoms with Gasteiger partial charge in [0.1, 0.15) is 16.7 Å². The van der Waals surface area contributed by atoms with Gasteiger partial charge in [0.25, 0.3) is 0 Å². The SMILES string of the molecule is CC(C)(C)c1ccc(Sc2cc(N)nc(C3CC3)n2)cc1. The van der Waals surface area contributed by atoms with Gasteiger partial charge in [-0.05, 0) is 36.0 Å². The second-order valence-corrected chi connectivity index (χ2v) is 7.73. The number of hydrogen-bond donors (Lipinski definition) is 1. The summed E-state index contributed by atoms with van der Waals surface area (Å²) in [4.78, 5) is 10.2. The van der Waals surface area contributed by atoms with Crippen LogP contribution in [0.1, 0.15) is 50.9 Å². The highest BCUT2D eigenvalue weighted by Gasteiger charge is 2.27. The molecule has 0 atom stereocenters. The molecule has 1 aromatic carbocycles. The molecule has 0 saturated heterocycles. The molecule has 0 unspecified atom stereocenters. The van der Waals surface area contributed by atoms with E-state index in [1.54, 1.807) is 11.8 Å². The van der Waals surface area contributed by atoms with E-state index in [0.717, 1.165) is 10.9 Å². The van der Waals surface area contributed by atoms with Gasteiger partial charge >= 0.3 is 0 Å². The van der Waals surface area contributed by atoms with E-state index in [-0.39, 0.29) is 5.41 Å². The lowest BCUT2D eigenvalue weighted by molar-refractivity contribution is 0.590. The van der Waals surface area contributed by atoms with Gasteiger partial charge in [-0.15, -0.1) is 0 Å². The molecule has 2 aromatic rings. The maximum atomic E-state index is 5.90. The molecule has 4 heteroatoms. The maximum Gasteiger partial charge on any atom is 0.135 e. The Morgan fingerprint density at radius 3 is 2.33 bits per heavy atom. The minimum Gasteiger partial charge on any atom is -0.384 e. The minimum absolute atomic E-state index is 0.182. The maximum absolute atomic E-state index is 5.90. The average Bonchev–Trinajstić information content (AvgIpc) is 3.21. The Hall–Kier alpha value is -1.55. The first kappa shape index (κ1) is 14.4. The second kappa shape index (κ2) is 5.34. The zero-order valence-corrected chi connectivity index (χ0v) is 13.6. The zero-order valence-electron chi connectivity index (χ0n) is 12.8. The summed E-state index contributed by atoms with van der Waals surface area (Å²) in [6, 6.07) is 10.5. The summed E-state index contributed by atoms with van der Waals surface area (Å²) in [7, 11) is 0. The Morgan fingerprint density at radius 2 is 1.76 bits per heavy atom. The van der Waals surface area contributed by atoms with Gasteiger partial charge in [0.15, 0.2) is 0 Å². The molecule has 0 radical (unpaired) electrons. The minimum atomic E-state index is 0.182. The quantitative estimate of drug-likeness (QED) is 0.854. The first-order chi connectivity index (χ1) is 9.91. The van der Waals surface area contributed by atoms with Crippen LogP contribution in [-0.4, -0.2) is 9.97 Å². The van der Waals surface area contributed by atoms with E-state index in [1.165, 1.54) is 23.3 Å². The van der Waals surface area contributed by atoms with Crippen molar-refractivity contribution < 1.29 is 0 Å². The Labute approximate surface area is 130 Å². The van der Waals surface area contributed by atoms with Gasteiger partial charge in [-0.3, -0.25) is 0 Å². The smallest absolute Gasteiger partial charge is 0.135 e. The molecule has 21 heavy (non-hydrogen) atoms. The lowest BCUT2D eigenvalue weighted by Crippen LogP contribution is -2.10. The van der Waals surface area contributed by atoms with E-state index in [9.17, 15) is 0 Å². The number of anilines is 1. The van der Waals surface area contributed by atoms with Crippen molar-refractivity contribution >= 4 is 17.6 Å². The summed E-state index contributed by atoms with van der Waals surface area (Å²) in [5, 5.41) is 0.938. The summed E-state index contributed by atoms with van der Waals surface area (Å²) in [5.41, 5.74) is 7.42. The molecule has 0 spiro atoms. The van der Waals surface area contributed by atoms with Crippen LogP contribution in [0.4, 0.5) is 5.82 Å². The predicted octanol–water partition coefficient (Wildman–Crippen LogP) is 4.38. The third-order valence-electron chi connectivity index (χ3n) is 3.63. The highest BCUT2D eigenvalue weighted by molar-refractivity contribution is 7.99. The van der Waals surface area contributed by atoms with E-state index in [4.69, 9.17) is 5.73 Å². The average molecular weight is 299 g/mol. The number of rotatable bonds is 3. The monoisotopic (exact) mass is 299 g/mol. The van der Waals surface area contributed by atoms with Gasteiger partial charge in [0, 0.05) is 16.9 Å². The third-order valence-corrected chi connectivity index (χ3v) is 4.55. The molecule has 0 aliphatic heterocycles. The van der Waals surface area contributed by atoms with E-state index in [1.807, 2.05) is 6.07 Å². The summed E-state index contributed by atoms with van der Waals surface area (Å²) in [5.74, 6) is 2.00. The lowest BCUT2D eigenvalue weighted by Gasteiger charge is -2.19. The van der Waals surface area contributed by atoms with Crippen LogP contribution in [0.2, 0.25) is 0 Å². The first-order valence-corrected chi connectivity index (χ1v) is 8.16. The Bertz CT molecular complexity index is 640. The van der Waals surface area contributed by atoms with Crippen LogP contribution in [0.5, 0.6) is 0 Å². The molecule has 1 aliphatic rings. The van der Waals surface area contributed by atoms with E-state index in [0.29, 0.717) is 11.7 Å². The van der Waals surface area contributed by atoms with Crippen LogP contribution in [-0.2, 0) is 5.41 Å². The van der Waals surface area contributed by atoms with Crippen LogP contribution < -0.4 is 5.73 Å². The van der Waals surface area contributed by atoms with Crippen molar-refractivity contribution in [2.75, 3.05) is 5.73 Å². The second-order valence-electron chi connectivity index (χ2n) is 6.64. The first-order valence-electron chi connectivity index (χ1n) is 7.35. The number of hydrogen-bond acceptors (Lipinski definition) is 4. The van der Waals surface area contributed by atoms with E-state index < -0.39 is 0 Å². The summed E-state index contributed by atoms with van der Waals surface area (Å²) in [6.45, 7) is 6.67. The Balaban J connectivity index is 1.80. The van der Waals surface area contributed by atoms with Crippen LogP contribution in [0.3, 0.4) is 0 Å². The Morgan fingerprint density at radius 1 is 1.10 bits per heavy atom. The molecule has 1 heterocycles. The van der Waals surface area contributed by atoms with Crippen LogP contribution >= 0.6 is 11.8 Å². The third kappa shape index (κ3) is 3.56. The van der Waals surface area contributed by atoms with Gasteiger partial charge in [0.05, 0.1) is 0 Å². The van der Waals surface area contributed by atoms with Crippen molar-refractivity contribution in [1.82, 2.24) is 9.97 Å². The molecule has 1 aromatic heterocycles. The van der Waals surface area contributed by atoms with E-state index >= 15 is 0 Å². The molecule has 110 valence electrons. The number of nitrogen functional groups attached to an aromatic ring is 1. The zero-order chi connectivity index (χ0) is 15.0. The molecule has 2 N–H and O–H groups in total. The Kier molecular flexibility index (Phi) is 3.66. The summed E-state index contributed by atoms with van der Waals surface area (Å²) < 4.78 is 0. The summed E-state index contributed by atoms with van der Waals surface area (Å²) >= 11 is 1.65. The number of benzene rings is 1. The highest BCUT2D eigenvalue weighted by Crippen LogP contribution is 2.39. The van der Waals surface area contributed by atoms with Crippen LogP contribution in [0, 0.1) is 0 Å². The highest BCUT2D eigenvalue weighted by atomic mass is 32.2. The van der Waals surface area contributed by atoms with Gasteiger partial charge in [-0.25, -0.2) is 9.97 Å². The van der Waals surface area contributed by atoms with Gasteiger partial charge in [-0.2, -0.15) is 0 Å². The van der Waals surface area contributed by atoms with Gasteiger partial charge in [0.2, 0.25) is 0 Å². The number of nitrogens with two attached hydrogens (primary N) is 1. The molecular weight excluding hydrogens is 278 g/mol. The molecule has 0 amide bonds. The number of nitrogens with zero attached hydrogens (tertiary/aromatic N) is 2. The van der Waals surface area contributed by atoms with E-state index in [2.05, 4.69) is 55.0 Å². The van der Waals surface area contributed by atoms with Crippen molar-refractivity contribution in [2.45, 2.75) is 54.9 Å². The normalized spacial score (nSPS) is 15.2. The molecular formula is C17H21N3S. The fraction of sp³-hybridized carbons (Fsp3) is 0.412. The van der Waals surface area contributed by atoms with Crippen LogP contribution in [0.15, 0.2) is 40.3 Å². The summed E-state index contributed by atoms with van der Waals surface area (Å²) in [6.07, 6.45) is 2.38. The van der Waals surface area contributed by atoms with Gasteiger partial charge < -0.3 is 5.73 Å². The largest absolute Gasteiger partial charge is 0.384 e. The molecule has 0 bridgehead atoms. The fourth-order valence-corrected chi connectivity index (χ4v) is 3.01. The molecule has 3 rings (SSSR count). The van der Waals surface area contributed by atoms with Crippen molar-refractivity contribution in [2.24, 2.45) is 0 Å². The van der Waals surface area contributed by atoms with Crippen molar-refractivity contribution in [1.29, 1.82) is 0 Å². The van der Waals surface area contributed by atoms with Crippen molar-refractivity contribution in [3.63, 3.8) is 0 Å². The molecule has 1 fully saturated rings. The molecule has 3 nitrogen and oxygen atoms in total. The molecule has 1 aliphatic carbocycles. The fourth-order valence-electron chi connectivity index (χ4n) is 2.18.